The number of aryl methyl sites for hydroxylation is 3. The Morgan fingerprint density at radius 2 is 0.954 bits per heavy atom. The summed E-state index contributed by atoms with van der Waals surface area (Å²) in [6.45, 7) is 10.2. The van der Waals surface area contributed by atoms with Crippen molar-refractivity contribution < 1.29 is 53.8 Å². The highest BCUT2D eigenvalue weighted by Gasteiger charge is 2.27. The van der Waals surface area contributed by atoms with Crippen LogP contribution in [0.3, 0.4) is 0 Å². The molecule has 456 valence electrons. The summed E-state index contributed by atoms with van der Waals surface area (Å²) in [5.74, 6) is 1.12. The predicted octanol–water partition coefficient (Wildman–Crippen LogP) is 8.22. The molecule has 87 heavy (non-hydrogen) atoms. The summed E-state index contributed by atoms with van der Waals surface area (Å²) in [4.78, 5) is 92.4. The van der Waals surface area contributed by atoms with Gasteiger partial charge in [-0.05, 0) is 131 Å². The second-order valence-corrected chi connectivity index (χ2v) is 22.0. The van der Waals surface area contributed by atoms with Crippen LogP contribution in [0.4, 0.5) is 0 Å². The van der Waals surface area contributed by atoms with E-state index in [0.29, 0.717) is 78.5 Å². The molecule has 0 aliphatic carbocycles. The Kier molecular flexibility index (Phi) is 24.6. The minimum absolute atomic E-state index is 0. The lowest BCUT2D eigenvalue weighted by atomic mass is 10.3. The molecular weight excluding hydrogens is 1200 g/mol. The number of hydrogen-bond acceptors (Lipinski definition) is 21. The molecule has 9 aromatic rings. The maximum Gasteiger partial charge on any atom is 0.358 e. The number of nitrogens with one attached hydrogen (secondary N) is 2. The monoisotopic (exact) mass is 1260 g/mol. The van der Waals surface area contributed by atoms with Crippen LogP contribution in [0.15, 0.2) is 128 Å². The molecule has 0 unspecified atom stereocenters. The average Bonchev–Trinajstić information content (AvgIpc) is 2.46. The predicted molar refractivity (Wildman–Crippen MR) is 326 cm³/mol. The Labute approximate surface area is 517 Å². The van der Waals surface area contributed by atoms with E-state index < -0.39 is 17.8 Å². The van der Waals surface area contributed by atoms with Crippen LogP contribution in [-0.2, 0) is 48.7 Å². The zero-order chi connectivity index (χ0) is 61.0. The molecular formula is C58H63ClN14O11S3. The van der Waals surface area contributed by atoms with Crippen LogP contribution < -0.4 is 16.7 Å². The van der Waals surface area contributed by atoms with Crippen LogP contribution in [0, 0.1) is 0 Å². The third-order valence-electron chi connectivity index (χ3n) is 13.0. The van der Waals surface area contributed by atoms with E-state index >= 15 is 0 Å². The first-order chi connectivity index (χ1) is 41.9. The van der Waals surface area contributed by atoms with Gasteiger partial charge in [0.1, 0.15) is 4.88 Å². The van der Waals surface area contributed by atoms with Crippen molar-refractivity contribution in [3.05, 3.63) is 177 Å². The van der Waals surface area contributed by atoms with Gasteiger partial charge in [-0.1, -0.05) is 18.2 Å². The van der Waals surface area contributed by atoms with Gasteiger partial charge in [-0.15, -0.1) is 46.4 Å². The van der Waals surface area contributed by atoms with Crippen molar-refractivity contribution in [1.29, 1.82) is 0 Å². The van der Waals surface area contributed by atoms with Crippen LogP contribution >= 0.6 is 46.4 Å². The molecule has 7 N–H and O–H groups in total. The van der Waals surface area contributed by atoms with Gasteiger partial charge in [0.15, 0.2) is 17.1 Å². The van der Waals surface area contributed by atoms with Crippen molar-refractivity contribution in [3.63, 3.8) is 0 Å². The third-order valence-corrected chi connectivity index (χ3v) is 16.3. The number of amides is 3. The van der Waals surface area contributed by atoms with E-state index in [0.717, 1.165) is 87.7 Å². The summed E-state index contributed by atoms with van der Waals surface area (Å²) in [5.41, 5.74) is 7.60. The second kappa shape index (κ2) is 32.6. The summed E-state index contributed by atoms with van der Waals surface area (Å²) >= 11 is 4.09. The normalized spacial score (nSPS) is 13.0. The summed E-state index contributed by atoms with van der Waals surface area (Å²) in [7, 11) is 0. The number of aromatic carboxylic acids is 1. The molecule has 0 saturated carbocycles. The Balaban J connectivity index is 0.000000170. The molecule has 29 heteroatoms. The number of hydrogen-bond donors (Lipinski definition) is 6. The van der Waals surface area contributed by atoms with E-state index in [9.17, 15) is 28.8 Å². The van der Waals surface area contributed by atoms with Gasteiger partial charge in [0.2, 0.25) is 0 Å². The summed E-state index contributed by atoms with van der Waals surface area (Å²) in [6, 6.07) is 33.0. The van der Waals surface area contributed by atoms with Crippen molar-refractivity contribution >= 4 is 82.0 Å². The molecule has 12 rings (SSSR count). The van der Waals surface area contributed by atoms with Gasteiger partial charge in [0, 0.05) is 57.9 Å². The lowest BCUT2D eigenvalue weighted by Gasteiger charge is -2.19. The van der Waals surface area contributed by atoms with Crippen molar-refractivity contribution in [1.82, 2.24) is 64.9 Å². The fourth-order valence-electron chi connectivity index (χ4n) is 9.02. The Hall–Kier alpha value is -8.87. The van der Waals surface area contributed by atoms with E-state index in [1.165, 1.54) is 34.0 Å². The fourth-order valence-corrected chi connectivity index (χ4v) is 11.7. The number of carboxylic acids is 1. The van der Waals surface area contributed by atoms with Gasteiger partial charge in [-0.3, -0.25) is 48.6 Å². The fraction of sp³-hybridized carbons (Fsp3) is 0.276. The zero-order valence-corrected chi connectivity index (χ0v) is 50.5. The molecule has 0 aromatic carbocycles. The number of carbonyl (C=O) groups is 6. The van der Waals surface area contributed by atoms with Gasteiger partial charge in [0.05, 0.1) is 84.9 Å². The summed E-state index contributed by atoms with van der Waals surface area (Å²) in [6.07, 6.45) is 7.72. The Bertz CT molecular complexity index is 3700. The molecule has 0 fully saturated rings. The number of rotatable bonds is 11. The molecule has 12 heterocycles. The van der Waals surface area contributed by atoms with Crippen molar-refractivity contribution in [2.75, 3.05) is 32.8 Å². The number of nitrogens with two attached hydrogens (primary N) is 1. The van der Waals surface area contributed by atoms with Crippen LogP contribution in [-0.4, -0.2) is 138 Å². The molecule has 9 aromatic heterocycles. The maximum atomic E-state index is 13.0. The van der Waals surface area contributed by atoms with Crippen molar-refractivity contribution in [2.24, 2.45) is 5.90 Å². The van der Waals surface area contributed by atoms with Crippen LogP contribution in [0.5, 0.6) is 0 Å². The highest BCUT2D eigenvalue weighted by atomic mass is 35.5. The number of pyridine rings is 3. The number of carboxylic acid groups (broad SMARTS) is 1. The van der Waals surface area contributed by atoms with Crippen LogP contribution in [0.1, 0.15) is 111 Å². The minimum atomic E-state index is -0.891. The van der Waals surface area contributed by atoms with Gasteiger partial charge in [0.25, 0.3) is 17.7 Å². The topological polar surface area (TPSA) is 330 Å². The largest absolute Gasteiger partial charge is 0.477 e. The number of halogens is 1. The zero-order valence-electron chi connectivity index (χ0n) is 47.3. The van der Waals surface area contributed by atoms with Gasteiger partial charge < -0.3 is 34.9 Å². The third kappa shape index (κ3) is 17.4. The molecule has 25 nitrogen and oxygen atoms in total. The van der Waals surface area contributed by atoms with E-state index in [1.807, 2.05) is 88.4 Å². The first kappa shape index (κ1) is 65.7. The molecule has 3 aliphatic heterocycles. The van der Waals surface area contributed by atoms with Crippen LogP contribution in [0.25, 0.3) is 31.7 Å². The van der Waals surface area contributed by atoms with Gasteiger partial charge >= 0.3 is 17.9 Å². The number of carbonyl (C=O) groups excluding carboxylic acids is 5. The van der Waals surface area contributed by atoms with Crippen molar-refractivity contribution in [3.8, 4) is 31.7 Å². The lowest BCUT2D eigenvalue weighted by molar-refractivity contribution is 0.0509. The first-order valence-corrected chi connectivity index (χ1v) is 29.6. The number of ether oxygens (including phenoxy) is 2. The van der Waals surface area contributed by atoms with E-state index in [1.54, 1.807) is 82.5 Å². The minimum Gasteiger partial charge on any atom is -0.477 e. The standard InChI is InChI=1S/C20H20N4O3S.C18H17N5O3S.C10H15N3O2.C10H7NO2S.ClH.H3NO/c1-2-27-20(26)16-12-14-13-23(10-5-11-24(14)22-16)19(25)18-8-7-17(28-18)15-6-3-4-9-21-15;24-17(21-26)14-10-12-11-22(8-3-9-23(12)20-14)18(25)16-6-5-15(27-16)13-4-1-2-7-19-13;1-2-15-10(14)9-6-8-7-11-4-3-5-13(8)12-9;12-10(13)9-5-4-8(14-9)7-3-1-2-6-11-7;;1-2/h3-4,6-9,12H,2,5,10-11,13H2,1H3;1-2,4-7,10,26H,3,8-9,11H2,(H,21,24);6,11H,2-5,7H2,1H3;1-6H,(H,12,13);1H;2H,1H2. The SMILES string of the molecule is CCOC(=O)c1cc2n(n1)CCCN(C(=O)c1ccc(-c3ccccn3)s1)C2.CCOC(=O)c1cc2n(n1)CCCNC2.Cl.NO.O=C(NO)c1cc2n(n1)CCCN(C(=O)c1ccc(-c3ccccn3)s1)C2.O=C(O)c1ccc(-c2ccccn2)s1. The molecule has 3 amide bonds. The Morgan fingerprint density at radius 3 is 1.37 bits per heavy atom. The average molecular weight is 1260 g/mol. The molecule has 0 radical (unpaired) electrons. The van der Waals surface area contributed by atoms with E-state index in [4.69, 9.17) is 25.0 Å². The van der Waals surface area contributed by atoms with Gasteiger partial charge in [-0.25, -0.2) is 25.8 Å². The van der Waals surface area contributed by atoms with E-state index in [2.05, 4.69) is 41.5 Å². The highest BCUT2D eigenvalue weighted by molar-refractivity contribution is 7.18. The van der Waals surface area contributed by atoms with E-state index in [-0.39, 0.29) is 35.9 Å². The summed E-state index contributed by atoms with van der Waals surface area (Å²) in [5, 5.41) is 40.0. The number of esters is 2. The number of aromatic nitrogens is 9. The number of nitrogens with zero attached hydrogens (tertiary/aromatic N) is 11. The Morgan fingerprint density at radius 1 is 0.552 bits per heavy atom. The summed E-state index contributed by atoms with van der Waals surface area (Å²) < 4.78 is 15.3. The lowest BCUT2D eigenvalue weighted by Crippen LogP contribution is -2.30. The maximum absolute atomic E-state index is 13.0. The number of hydroxylamine groups is 1. The smallest absolute Gasteiger partial charge is 0.358 e. The quantitative estimate of drug-likeness (QED) is 0.0403. The van der Waals surface area contributed by atoms with Gasteiger partial charge in [-0.2, -0.15) is 15.3 Å². The molecule has 0 saturated heterocycles. The first-order valence-electron chi connectivity index (χ1n) is 27.2. The molecule has 0 atom stereocenters. The van der Waals surface area contributed by atoms with Crippen molar-refractivity contribution in [2.45, 2.75) is 72.4 Å². The molecule has 0 spiro atoms. The number of fused-ring (bicyclic) bond motifs is 3. The molecule has 3 aliphatic rings. The number of thiophene rings is 3. The highest BCUT2D eigenvalue weighted by Crippen LogP contribution is 2.31. The van der Waals surface area contributed by atoms with Crippen LogP contribution in [0.2, 0.25) is 0 Å². The molecule has 0 bridgehead atoms. The second-order valence-electron chi connectivity index (χ2n) is 18.7.